The number of hydrogen-bond acceptors (Lipinski definition) is 5. The molecule has 164 valence electrons. The van der Waals surface area contributed by atoms with Crippen molar-refractivity contribution in [3.05, 3.63) is 74.4 Å². The lowest BCUT2D eigenvalue weighted by molar-refractivity contribution is 0.284. The van der Waals surface area contributed by atoms with Crippen LogP contribution < -0.4 is 15.0 Å². The number of thiophene rings is 1. The molecule has 1 aliphatic carbocycles. The van der Waals surface area contributed by atoms with Crippen LogP contribution in [-0.4, -0.2) is 17.1 Å². The second-order valence-corrected chi connectivity index (χ2v) is 9.67. The highest BCUT2D eigenvalue weighted by Gasteiger charge is 2.23. The van der Waals surface area contributed by atoms with E-state index in [1.165, 1.54) is 16.0 Å². The second-order valence-electron chi connectivity index (χ2n) is 8.59. The first-order valence-electron chi connectivity index (χ1n) is 10.9. The topological polar surface area (TPSA) is 64.2 Å². The smallest absolute Gasteiger partial charge is 0.260 e. The van der Waals surface area contributed by atoms with E-state index in [4.69, 9.17) is 14.5 Å². The molecule has 0 unspecified atom stereocenters. The first-order valence-corrected chi connectivity index (χ1v) is 11.7. The normalized spacial score (nSPS) is 15.5. The molecule has 0 saturated carbocycles. The molecule has 1 atom stereocenters. The van der Waals surface area contributed by atoms with Crippen molar-refractivity contribution in [3.8, 4) is 22.9 Å². The van der Waals surface area contributed by atoms with Crippen LogP contribution >= 0.6 is 11.3 Å². The fourth-order valence-corrected chi connectivity index (χ4v) is 5.65. The van der Waals surface area contributed by atoms with Gasteiger partial charge in [-0.3, -0.25) is 4.79 Å². The SMILES string of the molecule is COc1cc(-c2nc3sc4c(c3c(=O)[nH]2)CC[C@@H](C)C4)ccc1OCc1ccc(C)cc1. The first kappa shape index (κ1) is 20.8. The Kier molecular flexibility index (Phi) is 5.47. The van der Waals surface area contributed by atoms with E-state index in [0.29, 0.717) is 29.8 Å². The molecule has 5 nitrogen and oxygen atoms in total. The summed E-state index contributed by atoms with van der Waals surface area (Å²) in [5.41, 5.74) is 4.24. The number of nitrogens with zero attached hydrogens (tertiary/aromatic N) is 1. The standard InChI is InChI=1S/C26H26N2O3S/c1-15-4-7-17(8-5-15)14-31-20-11-9-18(13-21(20)30-3)24-27-25(29)23-19-10-6-16(2)12-22(19)32-26(23)28-24/h4-5,7-9,11,13,16H,6,10,12,14H2,1-3H3,(H,27,28,29)/t16-/m1/s1. The van der Waals surface area contributed by atoms with E-state index in [9.17, 15) is 4.79 Å². The summed E-state index contributed by atoms with van der Waals surface area (Å²) in [6.45, 7) is 4.79. The van der Waals surface area contributed by atoms with Crippen molar-refractivity contribution in [2.24, 2.45) is 5.92 Å². The maximum absolute atomic E-state index is 12.9. The van der Waals surface area contributed by atoms with E-state index in [2.05, 4.69) is 43.1 Å². The van der Waals surface area contributed by atoms with E-state index >= 15 is 0 Å². The van der Waals surface area contributed by atoms with Crippen LogP contribution in [0.4, 0.5) is 0 Å². The highest BCUT2D eigenvalue weighted by molar-refractivity contribution is 7.18. The van der Waals surface area contributed by atoms with Crippen LogP contribution in [0.15, 0.2) is 47.3 Å². The molecule has 0 amide bonds. The Morgan fingerprint density at radius 3 is 2.75 bits per heavy atom. The molecule has 2 aromatic carbocycles. The van der Waals surface area contributed by atoms with Crippen molar-refractivity contribution in [3.63, 3.8) is 0 Å². The maximum Gasteiger partial charge on any atom is 0.260 e. The van der Waals surface area contributed by atoms with Gasteiger partial charge in [0.05, 0.1) is 12.5 Å². The van der Waals surface area contributed by atoms with Crippen molar-refractivity contribution >= 4 is 21.6 Å². The predicted molar refractivity (Wildman–Crippen MR) is 129 cm³/mol. The third-order valence-corrected chi connectivity index (χ3v) is 7.27. The number of nitrogens with one attached hydrogen (secondary N) is 1. The van der Waals surface area contributed by atoms with Gasteiger partial charge in [-0.2, -0.15) is 0 Å². The zero-order chi connectivity index (χ0) is 22.2. The number of aromatic amines is 1. The number of benzene rings is 2. The summed E-state index contributed by atoms with van der Waals surface area (Å²) in [7, 11) is 1.62. The molecule has 0 spiro atoms. The molecule has 0 fully saturated rings. The average Bonchev–Trinajstić information content (AvgIpc) is 3.16. The van der Waals surface area contributed by atoms with Crippen LogP contribution in [0.25, 0.3) is 21.6 Å². The van der Waals surface area contributed by atoms with Crippen molar-refractivity contribution < 1.29 is 9.47 Å². The molecular formula is C26H26N2O3S. The van der Waals surface area contributed by atoms with Crippen molar-refractivity contribution in [2.45, 2.75) is 39.7 Å². The molecule has 0 bridgehead atoms. The van der Waals surface area contributed by atoms with E-state index in [1.54, 1.807) is 18.4 Å². The Morgan fingerprint density at radius 1 is 1.16 bits per heavy atom. The predicted octanol–water partition coefficient (Wildman–Crippen LogP) is 5.67. The summed E-state index contributed by atoms with van der Waals surface area (Å²) in [5, 5.41) is 0.769. The van der Waals surface area contributed by atoms with Crippen LogP contribution in [0.3, 0.4) is 0 Å². The number of rotatable bonds is 5. The third-order valence-electron chi connectivity index (χ3n) is 6.12. The molecule has 4 aromatic rings. The molecule has 0 radical (unpaired) electrons. The largest absolute Gasteiger partial charge is 0.493 e. The zero-order valence-electron chi connectivity index (χ0n) is 18.5. The number of fused-ring (bicyclic) bond motifs is 3. The summed E-state index contributed by atoms with van der Waals surface area (Å²) in [6, 6.07) is 13.9. The number of hydrogen-bond donors (Lipinski definition) is 1. The van der Waals surface area contributed by atoms with Crippen LogP contribution in [0.2, 0.25) is 0 Å². The van der Waals surface area contributed by atoms with Crippen LogP contribution in [0.5, 0.6) is 11.5 Å². The van der Waals surface area contributed by atoms with Crippen LogP contribution in [0, 0.1) is 12.8 Å². The molecule has 2 aromatic heterocycles. The molecular weight excluding hydrogens is 420 g/mol. The van der Waals surface area contributed by atoms with Gasteiger partial charge in [-0.1, -0.05) is 36.8 Å². The van der Waals surface area contributed by atoms with Crippen LogP contribution in [0.1, 0.15) is 34.9 Å². The summed E-state index contributed by atoms with van der Waals surface area (Å²) < 4.78 is 11.6. The van der Waals surface area contributed by atoms with Gasteiger partial charge in [-0.05, 0) is 61.4 Å². The van der Waals surface area contributed by atoms with Gasteiger partial charge in [-0.25, -0.2) is 4.98 Å². The molecule has 2 heterocycles. The molecule has 6 heteroatoms. The fraction of sp³-hybridized carbons (Fsp3) is 0.308. The number of H-pyrrole nitrogens is 1. The Balaban J connectivity index is 1.45. The van der Waals surface area contributed by atoms with E-state index in [1.807, 2.05) is 18.2 Å². The van der Waals surface area contributed by atoms with Crippen molar-refractivity contribution in [1.82, 2.24) is 9.97 Å². The van der Waals surface area contributed by atoms with Gasteiger partial charge in [-0.15, -0.1) is 11.3 Å². The van der Waals surface area contributed by atoms with Gasteiger partial charge in [0.2, 0.25) is 0 Å². The van der Waals surface area contributed by atoms with Gasteiger partial charge in [0.1, 0.15) is 17.3 Å². The lowest BCUT2D eigenvalue weighted by atomic mass is 9.89. The number of aromatic nitrogens is 2. The van der Waals surface area contributed by atoms with Crippen molar-refractivity contribution in [2.75, 3.05) is 7.11 Å². The van der Waals surface area contributed by atoms with E-state index < -0.39 is 0 Å². The quantitative estimate of drug-likeness (QED) is 0.429. The lowest BCUT2D eigenvalue weighted by Gasteiger charge is -2.17. The van der Waals surface area contributed by atoms with Gasteiger partial charge in [0.25, 0.3) is 5.56 Å². The molecule has 0 aliphatic heterocycles. The Hall–Kier alpha value is -3.12. The summed E-state index contributed by atoms with van der Waals surface area (Å²) in [6.07, 6.45) is 3.12. The van der Waals surface area contributed by atoms with Crippen LogP contribution in [-0.2, 0) is 19.4 Å². The van der Waals surface area contributed by atoms with E-state index in [0.717, 1.165) is 40.6 Å². The second kappa shape index (κ2) is 8.43. The minimum Gasteiger partial charge on any atom is -0.493 e. The highest BCUT2D eigenvalue weighted by Crippen LogP contribution is 2.37. The minimum absolute atomic E-state index is 0.0595. The Morgan fingerprint density at radius 2 is 1.97 bits per heavy atom. The highest BCUT2D eigenvalue weighted by atomic mass is 32.1. The minimum atomic E-state index is -0.0595. The average molecular weight is 447 g/mol. The monoisotopic (exact) mass is 446 g/mol. The zero-order valence-corrected chi connectivity index (χ0v) is 19.3. The van der Waals surface area contributed by atoms with Gasteiger partial charge < -0.3 is 14.5 Å². The third kappa shape index (κ3) is 3.91. The molecule has 32 heavy (non-hydrogen) atoms. The fourth-order valence-electron chi connectivity index (χ4n) is 4.27. The van der Waals surface area contributed by atoms with E-state index in [-0.39, 0.29) is 5.56 Å². The van der Waals surface area contributed by atoms with Gasteiger partial charge in [0.15, 0.2) is 11.5 Å². The Bertz CT molecular complexity index is 1340. The molecule has 1 aliphatic rings. The number of ether oxygens (including phenoxy) is 2. The Labute approximate surface area is 191 Å². The lowest BCUT2D eigenvalue weighted by Crippen LogP contribution is -2.13. The number of aryl methyl sites for hydroxylation is 2. The number of methoxy groups -OCH3 is 1. The maximum atomic E-state index is 12.9. The summed E-state index contributed by atoms with van der Waals surface area (Å²) in [4.78, 5) is 22.9. The summed E-state index contributed by atoms with van der Waals surface area (Å²) in [5.74, 6) is 2.47. The first-order chi connectivity index (χ1) is 15.5. The molecule has 0 saturated heterocycles. The van der Waals surface area contributed by atoms with Gasteiger partial charge in [0, 0.05) is 10.4 Å². The molecule has 5 rings (SSSR count). The summed E-state index contributed by atoms with van der Waals surface area (Å²) >= 11 is 1.66. The van der Waals surface area contributed by atoms with Crippen molar-refractivity contribution in [1.29, 1.82) is 0 Å². The molecule has 1 N–H and O–H groups in total. The van der Waals surface area contributed by atoms with Gasteiger partial charge >= 0.3 is 0 Å².